The summed E-state index contributed by atoms with van der Waals surface area (Å²) in [5.41, 5.74) is 4.70. The molecule has 1 atom stereocenters. The number of hydrogen-bond donors (Lipinski definition) is 1. The van der Waals surface area contributed by atoms with Crippen molar-refractivity contribution in [2.75, 3.05) is 13.2 Å². The quantitative estimate of drug-likeness (QED) is 0.750. The van der Waals surface area contributed by atoms with Crippen molar-refractivity contribution in [3.8, 4) is 0 Å². The molecule has 5 rings (SSSR count). The van der Waals surface area contributed by atoms with Crippen LogP contribution >= 0.6 is 11.3 Å². The third-order valence-electron chi connectivity index (χ3n) is 4.33. The smallest absolute Gasteiger partial charge is 0.142 e. The molecule has 2 aliphatic heterocycles. The molecule has 0 amide bonds. The number of aromatic nitrogens is 2. The number of para-hydroxylation sites is 2. The molecule has 4 nitrogen and oxygen atoms in total. The van der Waals surface area contributed by atoms with E-state index in [1.54, 1.807) is 11.3 Å². The van der Waals surface area contributed by atoms with E-state index >= 15 is 0 Å². The minimum Gasteiger partial charge on any atom is -0.384 e. The maximum atomic E-state index is 6.15. The summed E-state index contributed by atoms with van der Waals surface area (Å²) in [5.74, 6) is 1.05. The fraction of sp³-hybridized carbons (Fsp3) is 0.235. The van der Waals surface area contributed by atoms with Gasteiger partial charge in [-0.1, -0.05) is 18.2 Å². The van der Waals surface area contributed by atoms with Crippen LogP contribution in [0.3, 0.4) is 0 Å². The minimum absolute atomic E-state index is 0.0111. The lowest BCUT2D eigenvalue weighted by atomic mass is 10.1. The van der Waals surface area contributed by atoms with Gasteiger partial charge in [0.15, 0.2) is 0 Å². The van der Waals surface area contributed by atoms with Crippen LogP contribution < -0.4 is 5.32 Å². The van der Waals surface area contributed by atoms with E-state index in [1.165, 1.54) is 21.7 Å². The number of benzene rings is 1. The highest BCUT2D eigenvalue weighted by atomic mass is 32.1. The van der Waals surface area contributed by atoms with Crippen LogP contribution in [0.4, 0.5) is 0 Å². The highest BCUT2D eigenvalue weighted by Crippen LogP contribution is 2.42. The van der Waals surface area contributed by atoms with Gasteiger partial charge in [0.25, 0.3) is 0 Å². The van der Waals surface area contributed by atoms with Gasteiger partial charge in [0, 0.05) is 22.7 Å². The van der Waals surface area contributed by atoms with Gasteiger partial charge in [0.2, 0.25) is 0 Å². The van der Waals surface area contributed by atoms with Gasteiger partial charge in [-0.05, 0) is 23.6 Å². The Morgan fingerprint density at radius 1 is 1.23 bits per heavy atom. The van der Waals surface area contributed by atoms with Crippen molar-refractivity contribution in [2.24, 2.45) is 0 Å². The molecular formula is C17H15N3OS. The van der Waals surface area contributed by atoms with E-state index in [9.17, 15) is 0 Å². The Balaban J connectivity index is 1.72. The lowest BCUT2D eigenvalue weighted by Crippen LogP contribution is -2.18. The highest BCUT2D eigenvalue weighted by Gasteiger charge is 2.34. The Kier molecular flexibility index (Phi) is 2.65. The number of nitrogens with one attached hydrogen (secondary N) is 1. The molecule has 0 saturated carbocycles. The van der Waals surface area contributed by atoms with Crippen molar-refractivity contribution in [2.45, 2.75) is 12.6 Å². The van der Waals surface area contributed by atoms with Crippen molar-refractivity contribution in [1.82, 2.24) is 14.9 Å². The summed E-state index contributed by atoms with van der Waals surface area (Å²) < 4.78 is 8.44. The fourth-order valence-electron chi connectivity index (χ4n) is 3.37. The average molecular weight is 309 g/mol. The Labute approximate surface area is 132 Å². The number of hydrogen-bond acceptors (Lipinski definition) is 4. The third-order valence-corrected chi connectivity index (χ3v) is 5.24. The topological polar surface area (TPSA) is 39.1 Å². The van der Waals surface area contributed by atoms with Crippen molar-refractivity contribution < 1.29 is 4.74 Å². The van der Waals surface area contributed by atoms with Gasteiger partial charge in [-0.15, -0.1) is 11.3 Å². The number of thiophene rings is 1. The van der Waals surface area contributed by atoms with E-state index < -0.39 is 0 Å². The summed E-state index contributed by atoms with van der Waals surface area (Å²) in [6.07, 6.45) is -0.0111. The Hall–Kier alpha value is -2.11. The van der Waals surface area contributed by atoms with Gasteiger partial charge in [0.05, 0.1) is 24.2 Å². The summed E-state index contributed by atoms with van der Waals surface area (Å²) >= 11 is 1.75. The predicted molar refractivity (Wildman–Crippen MR) is 87.7 cm³/mol. The highest BCUT2D eigenvalue weighted by molar-refractivity contribution is 7.10. The van der Waals surface area contributed by atoms with Gasteiger partial charge in [-0.25, -0.2) is 4.98 Å². The number of nitrogens with zero attached hydrogens (tertiary/aromatic N) is 2. The number of allylic oxidation sites excluding steroid dienone is 1. The van der Waals surface area contributed by atoms with Crippen LogP contribution in [0.5, 0.6) is 0 Å². The van der Waals surface area contributed by atoms with Gasteiger partial charge < -0.3 is 14.6 Å². The molecule has 0 saturated heterocycles. The zero-order valence-electron chi connectivity index (χ0n) is 12.0. The number of rotatable bonds is 1. The summed E-state index contributed by atoms with van der Waals surface area (Å²) in [6, 6.07) is 12.6. The zero-order chi connectivity index (χ0) is 14.5. The van der Waals surface area contributed by atoms with Gasteiger partial charge in [0.1, 0.15) is 11.9 Å². The maximum absolute atomic E-state index is 6.15. The van der Waals surface area contributed by atoms with Crippen LogP contribution in [0.1, 0.15) is 16.8 Å². The second-order valence-electron chi connectivity index (χ2n) is 5.60. The summed E-state index contributed by atoms with van der Waals surface area (Å²) in [6.45, 7) is 2.43. The van der Waals surface area contributed by atoms with E-state index in [0.717, 1.165) is 31.0 Å². The SMILES string of the molecule is c1csc(C2OCCNC3=C2c2nc4ccccc4n2C3)c1. The monoisotopic (exact) mass is 309 g/mol. The molecule has 1 N–H and O–H groups in total. The Morgan fingerprint density at radius 3 is 3.09 bits per heavy atom. The largest absolute Gasteiger partial charge is 0.384 e. The molecule has 5 heteroatoms. The maximum Gasteiger partial charge on any atom is 0.142 e. The molecule has 0 radical (unpaired) electrons. The van der Waals surface area contributed by atoms with Crippen molar-refractivity contribution in [1.29, 1.82) is 0 Å². The van der Waals surface area contributed by atoms with Crippen LogP contribution in [-0.4, -0.2) is 22.7 Å². The molecule has 0 bridgehead atoms. The second-order valence-corrected chi connectivity index (χ2v) is 6.57. The molecule has 0 spiro atoms. The van der Waals surface area contributed by atoms with E-state index in [-0.39, 0.29) is 6.10 Å². The van der Waals surface area contributed by atoms with Crippen LogP contribution in [0.2, 0.25) is 0 Å². The van der Waals surface area contributed by atoms with E-state index in [0.29, 0.717) is 0 Å². The number of fused-ring (bicyclic) bond motifs is 4. The fourth-order valence-corrected chi connectivity index (χ4v) is 4.15. The first kappa shape index (κ1) is 12.4. The molecular weight excluding hydrogens is 294 g/mol. The van der Waals surface area contributed by atoms with Crippen LogP contribution in [0, 0.1) is 0 Å². The summed E-state index contributed by atoms with van der Waals surface area (Å²) in [4.78, 5) is 6.12. The first-order valence-electron chi connectivity index (χ1n) is 7.49. The lowest BCUT2D eigenvalue weighted by molar-refractivity contribution is 0.102. The Morgan fingerprint density at radius 2 is 2.18 bits per heavy atom. The minimum atomic E-state index is -0.0111. The van der Waals surface area contributed by atoms with E-state index in [4.69, 9.17) is 9.72 Å². The molecule has 22 heavy (non-hydrogen) atoms. The average Bonchev–Trinajstić information content (AvgIpc) is 3.21. The van der Waals surface area contributed by atoms with Crippen LogP contribution in [0.15, 0.2) is 47.5 Å². The molecule has 2 aliphatic rings. The van der Waals surface area contributed by atoms with Gasteiger partial charge >= 0.3 is 0 Å². The molecule has 2 aromatic heterocycles. The van der Waals surface area contributed by atoms with Crippen LogP contribution in [-0.2, 0) is 11.3 Å². The molecule has 3 aromatic rings. The van der Waals surface area contributed by atoms with Gasteiger partial charge in [-0.2, -0.15) is 0 Å². The van der Waals surface area contributed by atoms with Gasteiger partial charge in [-0.3, -0.25) is 0 Å². The standard InChI is InChI=1S/C17H15N3OS/c1-2-5-13-11(4-1)19-17-15-12(10-20(13)17)18-7-8-21-16(15)14-6-3-9-22-14/h1-6,9,16,18H,7-8,10H2. The summed E-state index contributed by atoms with van der Waals surface area (Å²) in [5, 5.41) is 5.64. The normalized spacial score (nSPS) is 20.6. The lowest BCUT2D eigenvalue weighted by Gasteiger charge is -2.15. The van der Waals surface area contributed by atoms with Crippen molar-refractivity contribution in [3.05, 3.63) is 58.2 Å². The number of imidazole rings is 1. The zero-order valence-corrected chi connectivity index (χ0v) is 12.8. The molecule has 1 aromatic carbocycles. The second kappa shape index (κ2) is 4.69. The van der Waals surface area contributed by atoms with Crippen LogP contribution in [0.25, 0.3) is 16.6 Å². The number of ether oxygens (including phenoxy) is 1. The third kappa shape index (κ3) is 1.69. The summed E-state index contributed by atoms with van der Waals surface area (Å²) in [7, 11) is 0. The predicted octanol–water partition coefficient (Wildman–Crippen LogP) is 3.18. The first-order valence-corrected chi connectivity index (χ1v) is 8.37. The molecule has 4 heterocycles. The first-order chi connectivity index (χ1) is 10.9. The Bertz CT molecular complexity index is 879. The van der Waals surface area contributed by atoms with Crippen molar-refractivity contribution in [3.63, 3.8) is 0 Å². The van der Waals surface area contributed by atoms with E-state index in [2.05, 4.69) is 45.6 Å². The molecule has 0 aliphatic carbocycles. The molecule has 110 valence electrons. The molecule has 1 unspecified atom stereocenters. The van der Waals surface area contributed by atoms with E-state index in [1.807, 2.05) is 6.07 Å². The van der Waals surface area contributed by atoms with Crippen molar-refractivity contribution >= 4 is 27.9 Å². The molecule has 0 fully saturated rings.